The maximum atomic E-state index is 13.4. The Balaban J connectivity index is 2.27. The number of carbonyl (C=O) groups is 2. The second-order valence-corrected chi connectivity index (χ2v) is 9.91. The maximum Gasteiger partial charge on any atom is 0.463 e. The Bertz CT molecular complexity index is 771. The lowest BCUT2D eigenvalue weighted by Gasteiger charge is -2.23. The van der Waals surface area contributed by atoms with Crippen molar-refractivity contribution in [2.24, 2.45) is 0 Å². The van der Waals surface area contributed by atoms with Crippen molar-refractivity contribution in [3.8, 4) is 0 Å². The third-order valence-electron chi connectivity index (χ3n) is 6.51. The van der Waals surface area contributed by atoms with Crippen LogP contribution in [0.5, 0.6) is 0 Å². The Hall–Kier alpha value is -2.19. The molecule has 0 aliphatic rings. The molecule has 1 aromatic rings. The molecule has 0 fully saturated rings. The molecule has 1 N–H and O–H groups in total. The third-order valence-corrected chi connectivity index (χ3v) is 6.51. The smallest absolute Gasteiger partial charge is 0.463 e. The van der Waals surface area contributed by atoms with E-state index in [0.29, 0.717) is 12.0 Å². The molecule has 1 amide bonds. The molecular weight excluding hydrogens is 505 g/mol. The first-order chi connectivity index (χ1) is 18.1. The molecule has 38 heavy (non-hydrogen) atoms. The maximum absolute atomic E-state index is 13.4. The number of alkyl halides is 5. The molecule has 1 atom stereocenters. The number of hydrogen-bond acceptors (Lipinski definition) is 3. The van der Waals surface area contributed by atoms with Crippen LogP contribution in [0, 0.1) is 0 Å². The van der Waals surface area contributed by atoms with E-state index in [-0.39, 0.29) is 13.0 Å². The van der Waals surface area contributed by atoms with Crippen LogP contribution < -0.4 is 5.32 Å². The van der Waals surface area contributed by atoms with E-state index in [2.05, 4.69) is 6.92 Å². The average molecular weight is 550 g/mol. The second-order valence-electron chi connectivity index (χ2n) is 9.91. The summed E-state index contributed by atoms with van der Waals surface area (Å²) in [6.45, 7) is 2.23. The van der Waals surface area contributed by atoms with Gasteiger partial charge in [0.15, 0.2) is 0 Å². The topological polar surface area (TPSA) is 55.4 Å². The van der Waals surface area contributed by atoms with E-state index in [4.69, 9.17) is 4.74 Å². The zero-order valence-corrected chi connectivity index (χ0v) is 22.6. The molecule has 0 saturated heterocycles. The molecule has 0 heterocycles. The summed E-state index contributed by atoms with van der Waals surface area (Å²) in [5.74, 6) is -9.23. The average Bonchev–Trinajstić information content (AvgIpc) is 2.87. The minimum Gasteiger partial charge on any atom is -0.464 e. The lowest BCUT2D eigenvalue weighted by atomic mass is 10.0. The molecule has 1 aromatic carbocycles. The summed E-state index contributed by atoms with van der Waals surface area (Å²) in [6, 6.07) is 6.42. The van der Waals surface area contributed by atoms with Crippen LogP contribution in [0.1, 0.15) is 109 Å². The minimum atomic E-state index is -6.06. The fraction of sp³-hybridized carbons (Fsp3) is 0.724. The van der Waals surface area contributed by atoms with E-state index in [1.54, 1.807) is 30.3 Å². The quantitative estimate of drug-likeness (QED) is 0.0953. The van der Waals surface area contributed by atoms with Gasteiger partial charge in [0, 0.05) is 6.42 Å². The van der Waals surface area contributed by atoms with Gasteiger partial charge in [0.05, 0.1) is 6.61 Å². The molecule has 0 saturated carbocycles. The van der Waals surface area contributed by atoms with Gasteiger partial charge in [-0.2, -0.15) is 22.0 Å². The summed E-state index contributed by atoms with van der Waals surface area (Å²) in [7, 11) is 0. The normalized spacial score (nSPS) is 12.8. The number of rotatable bonds is 21. The molecule has 4 nitrogen and oxygen atoms in total. The molecule has 0 aromatic heterocycles. The van der Waals surface area contributed by atoms with Crippen LogP contribution in [0.2, 0.25) is 0 Å². The Kier molecular flexibility index (Phi) is 16.9. The first kappa shape index (κ1) is 33.8. The Morgan fingerprint density at radius 2 is 1.18 bits per heavy atom. The van der Waals surface area contributed by atoms with Gasteiger partial charge in [-0.3, -0.25) is 4.79 Å². The molecule has 218 valence electrons. The van der Waals surface area contributed by atoms with Crippen molar-refractivity contribution in [3.05, 3.63) is 35.9 Å². The number of unbranched alkanes of at least 4 members (excludes halogenated alkanes) is 14. The predicted octanol–water partition coefficient (Wildman–Crippen LogP) is 8.33. The second kappa shape index (κ2) is 19.0. The van der Waals surface area contributed by atoms with Gasteiger partial charge in [-0.15, -0.1) is 0 Å². The van der Waals surface area contributed by atoms with Gasteiger partial charge >= 0.3 is 24.0 Å². The molecule has 1 unspecified atom stereocenters. The number of esters is 1. The zero-order chi connectivity index (χ0) is 28.3. The third kappa shape index (κ3) is 14.1. The molecule has 0 aliphatic carbocycles. The number of ether oxygens (including phenoxy) is 1. The summed E-state index contributed by atoms with van der Waals surface area (Å²) in [5.41, 5.74) is 0.483. The van der Waals surface area contributed by atoms with Gasteiger partial charge in [-0.25, -0.2) is 4.79 Å². The number of hydrogen-bond donors (Lipinski definition) is 1. The lowest BCUT2D eigenvalue weighted by Crippen LogP contribution is -2.55. The van der Waals surface area contributed by atoms with Gasteiger partial charge < -0.3 is 10.1 Å². The van der Waals surface area contributed by atoms with Gasteiger partial charge in [-0.05, 0) is 12.0 Å². The van der Waals surface area contributed by atoms with Crippen LogP contribution in [0.15, 0.2) is 30.3 Å². The van der Waals surface area contributed by atoms with Crippen LogP contribution in [0.3, 0.4) is 0 Å². The number of nitrogens with one attached hydrogen (secondary N) is 1. The van der Waals surface area contributed by atoms with Crippen LogP contribution in [-0.2, 0) is 20.7 Å². The van der Waals surface area contributed by atoms with Crippen molar-refractivity contribution in [3.63, 3.8) is 0 Å². The van der Waals surface area contributed by atoms with Gasteiger partial charge in [0.2, 0.25) is 0 Å². The fourth-order valence-corrected chi connectivity index (χ4v) is 4.17. The fourth-order valence-electron chi connectivity index (χ4n) is 4.17. The number of carbonyl (C=O) groups excluding carboxylic acids is 2. The molecular formula is C29H44F5NO3. The highest BCUT2D eigenvalue weighted by molar-refractivity contribution is 5.89. The molecule has 0 aliphatic heterocycles. The SMILES string of the molecule is CCCCCCCCCCCCCCCCCOC(=O)C(Cc1ccccc1)NC(=O)C(F)(F)C(F)(F)F. The van der Waals surface area contributed by atoms with Crippen molar-refractivity contribution in [1.29, 1.82) is 0 Å². The van der Waals surface area contributed by atoms with Crippen LogP contribution in [0.4, 0.5) is 22.0 Å². The van der Waals surface area contributed by atoms with Crippen LogP contribution >= 0.6 is 0 Å². The largest absolute Gasteiger partial charge is 0.464 e. The van der Waals surface area contributed by atoms with Gasteiger partial charge in [0.25, 0.3) is 0 Å². The molecule has 0 bridgehead atoms. The Labute approximate surface area is 224 Å². The Morgan fingerprint density at radius 3 is 1.63 bits per heavy atom. The number of halogens is 5. The van der Waals surface area contributed by atoms with E-state index in [1.807, 2.05) is 0 Å². The van der Waals surface area contributed by atoms with Gasteiger partial charge in [0.1, 0.15) is 6.04 Å². The standard InChI is InChI=1S/C29H44F5NO3/c1-2-3-4-5-6-7-8-9-10-11-12-13-14-15-19-22-38-26(36)25(23-24-20-17-16-18-21-24)35-27(37)28(30,31)29(32,33)34/h16-18,20-21,25H,2-15,19,22-23H2,1H3,(H,35,37). The molecule has 0 radical (unpaired) electrons. The van der Waals surface area contributed by atoms with Crippen LogP contribution in [-0.4, -0.2) is 36.6 Å². The van der Waals surface area contributed by atoms with E-state index in [0.717, 1.165) is 25.7 Å². The monoisotopic (exact) mass is 549 g/mol. The van der Waals surface area contributed by atoms with E-state index >= 15 is 0 Å². The minimum absolute atomic E-state index is 0.00785. The summed E-state index contributed by atoms with van der Waals surface area (Å²) >= 11 is 0. The highest BCUT2D eigenvalue weighted by Gasteiger charge is 2.63. The van der Waals surface area contributed by atoms with Crippen molar-refractivity contribution >= 4 is 11.9 Å². The summed E-state index contributed by atoms with van der Waals surface area (Å²) < 4.78 is 69.6. The summed E-state index contributed by atoms with van der Waals surface area (Å²) in [4.78, 5) is 24.1. The predicted molar refractivity (Wildman–Crippen MR) is 139 cm³/mol. The Morgan fingerprint density at radius 1 is 0.737 bits per heavy atom. The van der Waals surface area contributed by atoms with E-state index in [1.165, 1.54) is 69.5 Å². The first-order valence-electron chi connectivity index (χ1n) is 14.1. The summed E-state index contributed by atoms with van der Waals surface area (Å²) in [5, 5.41) is 1.53. The van der Waals surface area contributed by atoms with Crippen molar-refractivity contribution < 1.29 is 36.3 Å². The van der Waals surface area contributed by atoms with Crippen molar-refractivity contribution in [2.45, 2.75) is 128 Å². The molecule has 0 spiro atoms. The van der Waals surface area contributed by atoms with Gasteiger partial charge in [-0.1, -0.05) is 127 Å². The van der Waals surface area contributed by atoms with Crippen molar-refractivity contribution in [1.82, 2.24) is 5.32 Å². The van der Waals surface area contributed by atoms with Crippen molar-refractivity contribution in [2.75, 3.05) is 6.61 Å². The highest BCUT2D eigenvalue weighted by atomic mass is 19.4. The summed E-state index contributed by atoms with van der Waals surface area (Å²) in [6.07, 6.45) is 11.2. The number of benzene rings is 1. The molecule has 1 rings (SSSR count). The molecule has 9 heteroatoms. The van der Waals surface area contributed by atoms with Crippen LogP contribution in [0.25, 0.3) is 0 Å². The first-order valence-corrected chi connectivity index (χ1v) is 14.1. The number of amides is 1. The lowest BCUT2D eigenvalue weighted by molar-refractivity contribution is -0.270. The highest BCUT2D eigenvalue weighted by Crippen LogP contribution is 2.35. The zero-order valence-electron chi connectivity index (χ0n) is 22.6. The van der Waals surface area contributed by atoms with E-state index in [9.17, 15) is 31.5 Å². The van der Waals surface area contributed by atoms with E-state index < -0.39 is 30.0 Å².